The van der Waals surface area contributed by atoms with Gasteiger partial charge < -0.3 is 10.1 Å². The number of alkyl halides is 6. The van der Waals surface area contributed by atoms with Gasteiger partial charge in [0.15, 0.2) is 11.4 Å². The van der Waals surface area contributed by atoms with Crippen LogP contribution >= 0.6 is 11.3 Å². The Kier molecular flexibility index (Phi) is 7.45. The van der Waals surface area contributed by atoms with E-state index < -0.39 is 61.0 Å². The lowest BCUT2D eigenvalue weighted by Gasteiger charge is -2.41. The second-order valence-corrected chi connectivity index (χ2v) is 9.45. The van der Waals surface area contributed by atoms with Gasteiger partial charge in [-0.25, -0.2) is 14.5 Å². The summed E-state index contributed by atoms with van der Waals surface area (Å²) in [4.78, 5) is 18.1. The molecule has 0 fully saturated rings. The number of H-pyrrole nitrogens is 1. The van der Waals surface area contributed by atoms with E-state index in [0.29, 0.717) is 12.5 Å². The van der Waals surface area contributed by atoms with Crippen molar-refractivity contribution in [1.29, 1.82) is 0 Å². The molecule has 1 aliphatic heterocycles. The summed E-state index contributed by atoms with van der Waals surface area (Å²) in [5, 5.41) is 14.8. The Morgan fingerprint density at radius 2 is 1.95 bits per heavy atom. The zero-order valence-electron chi connectivity index (χ0n) is 19.5. The number of nitrogens with one attached hydrogen (secondary N) is 2. The highest BCUT2D eigenvalue weighted by molar-refractivity contribution is 7.12. The van der Waals surface area contributed by atoms with E-state index in [9.17, 15) is 31.1 Å². The van der Waals surface area contributed by atoms with Crippen molar-refractivity contribution >= 4 is 28.4 Å². The molecular weight excluding hydrogens is 545 g/mol. The quantitative estimate of drug-likeness (QED) is 0.296. The number of amides is 1. The van der Waals surface area contributed by atoms with Crippen LogP contribution in [0.4, 0.5) is 30.7 Å². The van der Waals surface area contributed by atoms with Gasteiger partial charge in [-0.1, -0.05) is 6.92 Å². The minimum Gasteiger partial charge on any atom is -0.493 e. The van der Waals surface area contributed by atoms with Crippen LogP contribution in [0.15, 0.2) is 24.4 Å². The van der Waals surface area contributed by atoms with Crippen LogP contribution in [0.2, 0.25) is 0 Å². The molecule has 0 bridgehead atoms. The van der Waals surface area contributed by atoms with Crippen molar-refractivity contribution in [3.63, 3.8) is 0 Å². The van der Waals surface area contributed by atoms with Crippen molar-refractivity contribution in [1.82, 2.24) is 30.9 Å². The van der Waals surface area contributed by atoms with Gasteiger partial charge >= 0.3 is 12.4 Å². The molecule has 0 radical (unpaired) electrons. The van der Waals surface area contributed by atoms with E-state index in [0.717, 1.165) is 28.3 Å². The van der Waals surface area contributed by atoms with Crippen LogP contribution in [0.1, 0.15) is 47.5 Å². The molecule has 3 heterocycles. The highest BCUT2D eigenvalue weighted by Gasteiger charge is 2.61. The SMILES string of the molecule is CCc1cnc(C2=C(c3nnn[nH]3)C(=O)NC(c3ccc(OCCCC(F)(F)F)cc3F)(C(F)(F)F)C2)s1. The standard InChI is InChI=1S/C22H19F7N6O2S/c1-2-12-10-30-19(38-12)13-9-20(22(27,28)29,31-18(36)16(13)17-32-34-35-33-17)14-5-4-11(8-15(14)23)37-7-3-6-21(24,25)26/h4-5,8,10H,2-3,6-7,9H2,1H3,(H,31,36)(H,32,33,34,35). The van der Waals surface area contributed by atoms with E-state index in [-0.39, 0.29) is 27.7 Å². The highest BCUT2D eigenvalue weighted by atomic mass is 32.1. The fraction of sp³-hybridized carbons (Fsp3) is 0.409. The smallest absolute Gasteiger partial charge is 0.416 e. The largest absolute Gasteiger partial charge is 0.493 e. The number of ether oxygens (including phenoxy) is 1. The molecule has 0 saturated carbocycles. The second kappa shape index (κ2) is 10.3. The number of hydrogen-bond donors (Lipinski definition) is 2. The topological polar surface area (TPSA) is 106 Å². The van der Waals surface area contributed by atoms with Crippen molar-refractivity contribution in [2.24, 2.45) is 0 Å². The molecule has 1 unspecified atom stereocenters. The number of carbonyl (C=O) groups excluding carboxylic acids is 1. The molecule has 38 heavy (non-hydrogen) atoms. The summed E-state index contributed by atoms with van der Waals surface area (Å²) in [6.07, 6.45) is -10.1. The maximum absolute atomic E-state index is 15.2. The molecule has 8 nitrogen and oxygen atoms in total. The molecule has 4 rings (SSSR count). The fourth-order valence-corrected chi connectivity index (χ4v) is 4.88. The Balaban J connectivity index is 1.75. The van der Waals surface area contributed by atoms with Gasteiger partial charge in [-0.15, -0.1) is 16.4 Å². The van der Waals surface area contributed by atoms with Gasteiger partial charge in [0, 0.05) is 41.1 Å². The average molecular weight is 564 g/mol. The highest BCUT2D eigenvalue weighted by Crippen LogP contribution is 2.50. The van der Waals surface area contributed by atoms with Crippen LogP contribution in [-0.4, -0.2) is 50.5 Å². The molecule has 16 heteroatoms. The third kappa shape index (κ3) is 5.49. The van der Waals surface area contributed by atoms with E-state index in [2.05, 4.69) is 25.6 Å². The summed E-state index contributed by atoms with van der Waals surface area (Å²) in [7, 11) is 0. The Bertz CT molecular complexity index is 1340. The number of carbonyl (C=O) groups is 1. The first kappa shape index (κ1) is 27.5. The first-order valence-corrected chi connectivity index (χ1v) is 12.0. The van der Waals surface area contributed by atoms with Crippen molar-refractivity contribution in [2.45, 2.75) is 50.5 Å². The van der Waals surface area contributed by atoms with Crippen LogP contribution < -0.4 is 10.1 Å². The lowest BCUT2D eigenvalue weighted by atomic mass is 9.78. The van der Waals surface area contributed by atoms with Gasteiger partial charge in [0.2, 0.25) is 0 Å². The Morgan fingerprint density at radius 3 is 2.53 bits per heavy atom. The van der Waals surface area contributed by atoms with Crippen LogP contribution in [0.5, 0.6) is 5.75 Å². The van der Waals surface area contributed by atoms with Gasteiger partial charge in [-0.05, 0) is 35.4 Å². The van der Waals surface area contributed by atoms with Crippen LogP contribution in [0.3, 0.4) is 0 Å². The Labute approximate surface area is 214 Å². The first-order valence-electron chi connectivity index (χ1n) is 11.2. The van der Waals surface area contributed by atoms with E-state index in [1.54, 1.807) is 0 Å². The monoisotopic (exact) mass is 564 g/mol. The molecule has 2 aromatic heterocycles. The molecule has 1 aliphatic rings. The number of halogens is 7. The van der Waals surface area contributed by atoms with E-state index in [4.69, 9.17) is 4.74 Å². The molecule has 2 N–H and O–H groups in total. The zero-order valence-corrected chi connectivity index (χ0v) is 20.3. The van der Waals surface area contributed by atoms with Crippen molar-refractivity contribution in [3.8, 4) is 5.75 Å². The van der Waals surface area contributed by atoms with Crippen LogP contribution in [0, 0.1) is 5.82 Å². The molecule has 1 atom stereocenters. The van der Waals surface area contributed by atoms with E-state index in [1.807, 2.05) is 12.2 Å². The van der Waals surface area contributed by atoms with E-state index in [1.165, 1.54) is 6.20 Å². The van der Waals surface area contributed by atoms with Crippen molar-refractivity contribution in [2.75, 3.05) is 6.61 Å². The van der Waals surface area contributed by atoms with Gasteiger partial charge in [0.05, 0.1) is 12.2 Å². The average Bonchev–Trinajstić information content (AvgIpc) is 3.52. The zero-order chi connectivity index (χ0) is 27.7. The van der Waals surface area contributed by atoms with Gasteiger partial charge in [-0.2, -0.15) is 26.3 Å². The maximum atomic E-state index is 15.2. The minimum absolute atomic E-state index is 0.113. The third-order valence-electron chi connectivity index (χ3n) is 5.80. The van der Waals surface area contributed by atoms with Gasteiger partial charge in [0.1, 0.15) is 16.6 Å². The molecule has 204 valence electrons. The summed E-state index contributed by atoms with van der Waals surface area (Å²) >= 11 is 1.08. The predicted molar refractivity (Wildman–Crippen MR) is 120 cm³/mol. The summed E-state index contributed by atoms with van der Waals surface area (Å²) in [5.74, 6) is -3.02. The van der Waals surface area contributed by atoms with E-state index >= 15 is 4.39 Å². The van der Waals surface area contributed by atoms with Crippen LogP contribution in [0.25, 0.3) is 11.1 Å². The second-order valence-electron chi connectivity index (χ2n) is 8.33. The number of hydrogen-bond acceptors (Lipinski definition) is 7. The molecule has 1 amide bonds. The van der Waals surface area contributed by atoms with Crippen molar-refractivity contribution < 1.29 is 40.3 Å². The summed E-state index contributed by atoms with van der Waals surface area (Å²) < 4.78 is 101. The summed E-state index contributed by atoms with van der Waals surface area (Å²) in [6, 6.07) is 2.43. The third-order valence-corrected chi connectivity index (χ3v) is 7.00. The lowest BCUT2D eigenvalue weighted by molar-refractivity contribution is -0.202. The molecule has 0 aliphatic carbocycles. The number of rotatable bonds is 8. The Hall–Kier alpha value is -3.56. The van der Waals surface area contributed by atoms with Gasteiger partial charge in [0.25, 0.3) is 5.91 Å². The molecule has 0 saturated heterocycles. The molecular formula is C22H19F7N6O2S. The summed E-state index contributed by atoms with van der Waals surface area (Å²) in [6.45, 7) is 1.40. The molecule has 3 aromatic rings. The molecule has 1 aromatic carbocycles. The number of thiazole rings is 1. The lowest BCUT2D eigenvalue weighted by Crippen LogP contribution is -2.59. The number of benzene rings is 1. The van der Waals surface area contributed by atoms with Crippen LogP contribution in [-0.2, 0) is 16.8 Å². The first-order chi connectivity index (χ1) is 17.8. The summed E-state index contributed by atoms with van der Waals surface area (Å²) in [5.41, 5.74) is -4.51. The normalized spacial score (nSPS) is 18.6. The number of aromatic nitrogens is 5. The number of aromatic amines is 1. The van der Waals surface area contributed by atoms with Crippen molar-refractivity contribution in [3.05, 3.63) is 51.5 Å². The fourth-order valence-electron chi connectivity index (χ4n) is 3.98. The number of nitrogens with zero attached hydrogens (tertiary/aromatic N) is 4. The maximum Gasteiger partial charge on any atom is 0.416 e. The Morgan fingerprint density at radius 1 is 1.18 bits per heavy atom. The number of aryl methyl sites for hydroxylation is 1. The molecule has 0 spiro atoms. The number of tetrazole rings is 1. The van der Waals surface area contributed by atoms with Gasteiger partial charge in [-0.3, -0.25) is 4.79 Å². The minimum atomic E-state index is -5.18. The predicted octanol–water partition coefficient (Wildman–Crippen LogP) is 4.97.